The van der Waals surface area contributed by atoms with Gasteiger partial charge in [-0.3, -0.25) is 14.4 Å². The number of nitrogens with one attached hydrogen (secondary N) is 2. The summed E-state index contributed by atoms with van der Waals surface area (Å²) in [5.41, 5.74) is 2.13. The molecule has 1 heterocycles. The highest BCUT2D eigenvalue weighted by atomic mass is 16.2. The lowest BCUT2D eigenvalue weighted by Gasteiger charge is -2.22. The van der Waals surface area contributed by atoms with Crippen molar-refractivity contribution in [1.29, 1.82) is 0 Å². The summed E-state index contributed by atoms with van der Waals surface area (Å²) in [6.07, 6.45) is 1.50. The first kappa shape index (κ1) is 20.6. The Kier molecular flexibility index (Phi) is 6.65. The summed E-state index contributed by atoms with van der Waals surface area (Å²) < 4.78 is 0. The zero-order chi connectivity index (χ0) is 20.8. The van der Waals surface area contributed by atoms with Crippen LogP contribution in [0.25, 0.3) is 0 Å². The van der Waals surface area contributed by atoms with Crippen molar-refractivity contribution in [3.05, 3.63) is 65.7 Å². The molecule has 2 aromatic carbocycles. The number of hydrogen-bond acceptors (Lipinski definition) is 3. The molecular weight excluding hydrogens is 366 g/mol. The molecule has 3 rings (SSSR count). The molecule has 1 unspecified atom stereocenters. The van der Waals surface area contributed by atoms with Gasteiger partial charge in [-0.25, -0.2) is 0 Å². The molecular formula is C23H27N3O3. The van der Waals surface area contributed by atoms with Gasteiger partial charge in [0, 0.05) is 30.8 Å². The minimum atomic E-state index is -0.661. The van der Waals surface area contributed by atoms with Gasteiger partial charge in [-0.05, 0) is 42.2 Å². The SMILES string of the molecule is CC(C)C(NC(=O)c1ccccc1)C(=O)Nc1cccc(CN2CCCC2=O)c1. The molecule has 0 saturated carbocycles. The second-order valence-corrected chi connectivity index (χ2v) is 7.67. The number of carbonyl (C=O) groups is 3. The van der Waals surface area contributed by atoms with Crippen LogP contribution in [0.15, 0.2) is 54.6 Å². The third kappa shape index (κ3) is 5.44. The van der Waals surface area contributed by atoms with Crippen molar-refractivity contribution in [1.82, 2.24) is 10.2 Å². The third-order valence-electron chi connectivity index (χ3n) is 5.01. The smallest absolute Gasteiger partial charge is 0.251 e. The summed E-state index contributed by atoms with van der Waals surface area (Å²) in [5, 5.41) is 5.73. The van der Waals surface area contributed by atoms with Crippen molar-refractivity contribution in [2.24, 2.45) is 5.92 Å². The first-order chi connectivity index (χ1) is 13.9. The Hall–Kier alpha value is -3.15. The van der Waals surface area contributed by atoms with Crippen LogP contribution in [0.3, 0.4) is 0 Å². The highest BCUT2D eigenvalue weighted by molar-refractivity contribution is 6.01. The van der Waals surface area contributed by atoms with Crippen molar-refractivity contribution < 1.29 is 14.4 Å². The molecule has 2 N–H and O–H groups in total. The topological polar surface area (TPSA) is 78.5 Å². The number of amides is 3. The van der Waals surface area contributed by atoms with E-state index >= 15 is 0 Å². The van der Waals surface area contributed by atoms with Crippen LogP contribution in [-0.2, 0) is 16.1 Å². The van der Waals surface area contributed by atoms with Gasteiger partial charge in [0.25, 0.3) is 5.91 Å². The van der Waals surface area contributed by atoms with Crippen molar-refractivity contribution in [2.75, 3.05) is 11.9 Å². The zero-order valence-electron chi connectivity index (χ0n) is 16.9. The highest BCUT2D eigenvalue weighted by Crippen LogP contribution is 2.18. The minimum Gasteiger partial charge on any atom is -0.340 e. The quantitative estimate of drug-likeness (QED) is 0.758. The van der Waals surface area contributed by atoms with Crippen LogP contribution in [0.1, 0.15) is 42.6 Å². The molecule has 29 heavy (non-hydrogen) atoms. The number of rotatable bonds is 7. The van der Waals surface area contributed by atoms with E-state index in [0.717, 1.165) is 18.5 Å². The maximum absolute atomic E-state index is 12.8. The second kappa shape index (κ2) is 9.37. The number of hydrogen-bond donors (Lipinski definition) is 2. The molecule has 1 fully saturated rings. The van der Waals surface area contributed by atoms with Gasteiger partial charge in [-0.1, -0.05) is 44.2 Å². The summed E-state index contributed by atoms with van der Waals surface area (Å²) in [7, 11) is 0. The number of carbonyl (C=O) groups excluding carboxylic acids is 3. The van der Waals surface area contributed by atoms with Crippen LogP contribution in [0.2, 0.25) is 0 Å². The lowest BCUT2D eigenvalue weighted by atomic mass is 10.0. The van der Waals surface area contributed by atoms with Crippen LogP contribution >= 0.6 is 0 Å². The van der Waals surface area contributed by atoms with E-state index in [1.807, 2.05) is 49.1 Å². The zero-order valence-corrected chi connectivity index (χ0v) is 16.9. The van der Waals surface area contributed by atoms with Crippen molar-refractivity contribution >= 4 is 23.4 Å². The maximum Gasteiger partial charge on any atom is 0.251 e. The van der Waals surface area contributed by atoms with Crippen LogP contribution in [0.5, 0.6) is 0 Å². The lowest BCUT2D eigenvalue weighted by Crippen LogP contribution is -2.47. The van der Waals surface area contributed by atoms with Crippen LogP contribution in [-0.4, -0.2) is 35.2 Å². The molecule has 1 atom stereocenters. The van der Waals surface area contributed by atoms with Gasteiger partial charge in [0.2, 0.25) is 11.8 Å². The normalized spacial score (nSPS) is 14.7. The first-order valence-corrected chi connectivity index (χ1v) is 9.97. The molecule has 0 bridgehead atoms. The van der Waals surface area contributed by atoms with Crippen LogP contribution < -0.4 is 10.6 Å². The summed E-state index contributed by atoms with van der Waals surface area (Å²) >= 11 is 0. The minimum absolute atomic E-state index is 0.0759. The summed E-state index contributed by atoms with van der Waals surface area (Å²) in [5.74, 6) is -0.449. The predicted octanol–water partition coefficient (Wildman–Crippen LogP) is 3.20. The fourth-order valence-corrected chi connectivity index (χ4v) is 3.41. The molecule has 1 aliphatic heterocycles. The average molecular weight is 393 g/mol. The van der Waals surface area contributed by atoms with E-state index in [1.165, 1.54) is 0 Å². The van der Waals surface area contributed by atoms with Gasteiger partial charge >= 0.3 is 0 Å². The molecule has 0 spiro atoms. The Labute approximate surface area is 171 Å². The van der Waals surface area contributed by atoms with Crippen LogP contribution in [0.4, 0.5) is 5.69 Å². The molecule has 0 radical (unpaired) electrons. The Morgan fingerprint density at radius 3 is 2.48 bits per heavy atom. The molecule has 3 amide bonds. The highest BCUT2D eigenvalue weighted by Gasteiger charge is 2.25. The average Bonchev–Trinajstić information content (AvgIpc) is 3.11. The molecule has 1 saturated heterocycles. The van der Waals surface area contributed by atoms with Crippen LogP contribution in [0, 0.1) is 5.92 Å². The monoisotopic (exact) mass is 393 g/mol. The fraction of sp³-hybridized carbons (Fsp3) is 0.348. The standard InChI is InChI=1S/C23H27N3O3/c1-16(2)21(25-22(28)18-9-4-3-5-10-18)23(29)24-19-11-6-8-17(14-19)15-26-13-7-12-20(26)27/h3-6,8-11,14,16,21H,7,12-13,15H2,1-2H3,(H,24,29)(H,25,28). The van der Waals surface area contributed by atoms with Crippen molar-refractivity contribution in [3.63, 3.8) is 0 Å². The second-order valence-electron chi connectivity index (χ2n) is 7.67. The van der Waals surface area contributed by atoms with E-state index in [2.05, 4.69) is 10.6 Å². The molecule has 1 aliphatic rings. The number of benzene rings is 2. The lowest BCUT2D eigenvalue weighted by molar-refractivity contribution is -0.128. The Bertz CT molecular complexity index is 880. The van der Waals surface area contributed by atoms with Gasteiger partial charge in [-0.2, -0.15) is 0 Å². The molecule has 6 heteroatoms. The largest absolute Gasteiger partial charge is 0.340 e. The molecule has 0 aliphatic carbocycles. The Balaban J connectivity index is 1.66. The third-order valence-corrected chi connectivity index (χ3v) is 5.01. The van der Waals surface area contributed by atoms with E-state index in [0.29, 0.717) is 24.2 Å². The van der Waals surface area contributed by atoms with E-state index in [9.17, 15) is 14.4 Å². The summed E-state index contributed by atoms with van der Waals surface area (Å²) in [6, 6.07) is 15.7. The Morgan fingerprint density at radius 2 is 1.83 bits per heavy atom. The molecule has 2 aromatic rings. The first-order valence-electron chi connectivity index (χ1n) is 9.97. The van der Waals surface area contributed by atoms with Gasteiger partial charge in [0.05, 0.1) is 0 Å². The number of nitrogens with zero attached hydrogens (tertiary/aromatic N) is 1. The van der Waals surface area contributed by atoms with Gasteiger partial charge in [0.1, 0.15) is 6.04 Å². The van der Waals surface area contributed by atoms with Crippen molar-refractivity contribution in [2.45, 2.75) is 39.3 Å². The van der Waals surface area contributed by atoms with Gasteiger partial charge in [0.15, 0.2) is 0 Å². The molecule has 0 aromatic heterocycles. The summed E-state index contributed by atoms with van der Waals surface area (Å²) in [6.45, 7) is 5.10. The number of likely N-dealkylation sites (tertiary alicyclic amines) is 1. The van der Waals surface area contributed by atoms with E-state index in [-0.39, 0.29) is 23.6 Å². The van der Waals surface area contributed by atoms with Crippen molar-refractivity contribution in [3.8, 4) is 0 Å². The molecule has 6 nitrogen and oxygen atoms in total. The van der Waals surface area contributed by atoms with E-state index in [4.69, 9.17) is 0 Å². The van der Waals surface area contributed by atoms with Gasteiger partial charge < -0.3 is 15.5 Å². The number of anilines is 1. The fourth-order valence-electron chi connectivity index (χ4n) is 3.41. The van der Waals surface area contributed by atoms with E-state index in [1.54, 1.807) is 24.3 Å². The Morgan fingerprint density at radius 1 is 1.07 bits per heavy atom. The summed E-state index contributed by atoms with van der Waals surface area (Å²) in [4.78, 5) is 39.0. The maximum atomic E-state index is 12.8. The predicted molar refractivity (Wildman–Crippen MR) is 112 cm³/mol. The van der Waals surface area contributed by atoms with Gasteiger partial charge in [-0.15, -0.1) is 0 Å². The molecule has 152 valence electrons. The van der Waals surface area contributed by atoms with E-state index < -0.39 is 6.04 Å².